The molecule has 1 N–H and O–H groups in total. The van der Waals surface area contributed by atoms with Gasteiger partial charge in [0.15, 0.2) is 0 Å². The molecule has 0 bridgehead atoms. The minimum absolute atomic E-state index is 0.895. The van der Waals surface area contributed by atoms with Gasteiger partial charge in [0.1, 0.15) is 0 Å². The van der Waals surface area contributed by atoms with E-state index in [0.717, 1.165) is 29.8 Å². The van der Waals surface area contributed by atoms with Crippen molar-refractivity contribution in [1.29, 1.82) is 0 Å². The molecule has 4 rings (SSSR count). The normalized spacial score (nSPS) is 35.8. The molecular formula is C16H28N2. The molecule has 0 aromatic rings. The average molecular weight is 248 g/mol. The van der Waals surface area contributed by atoms with E-state index in [9.17, 15) is 0 Å². The van der Waals surface area contributed by atoms with Crippen LogP contribution in [0.25, 0.3) is 0 Å². The summed E-state index contributed by atoms with van der Waals surface area (Å²) in [5.41, 5.74) is 0. The number of hydrogen-bond donors (Lipinski definition) is 1. The van der Waals surface area contributed by atoms with Crippen LogP contribution in [-0.4, -0.2) is 36.6 Å². The first-order valence-electron chi connectivity index (χ1n) is 8.36. The van der Waals surface area contributed by atoms with Gasteiger partial charge in [-0.3, -0.25) is 4.90 Å². The molecule has 4 aliphatic carbocycles. The summed E-state index contributed by atoms with van der Waals surface area (Å²) in [7, 11) is 0. The molecule has 102 valence electrons. The molecule has 0 radical (unpaired) electrons. The second-order valence-electron chi connectivity index (χ2n) is 7.43. The topological polar surface area (TPSA) is 15.3 Å². The van der Waals surface area contributed by atoms with Crippen LogP contribution in [0, 0.1) is 17.8 Å². The third kappa shape index (κ3) is 2.91. The Balaban J connectivity index is 1.29. The van der Waals surface area contributed by atoms with Crippen LogP contribution in [-0.2, 0) is 0 Å². The van der Waals surface area contributed by atoms with E-state index >= 15 is 0 Å². The van der Waals surface area contributed by atoms with E-state index in [1.165, 1.54) is 71.0 Å². The maximum atomic E-state index is 3.75. The van der Waals surface area contributed by atoms with Crippen LogP contribution >= 0.6 is 0 Å². The highest BCUT2D eigenvalue weighted by atomic mass is 15.2. The largest absolute Gasteiger partial charge is 0.314 e. The summed E-state index contributed by atoms with van der Waals surface area (Å²) in [6.45, 7) is 4.17. The Hall–Kier alpha value is -0.0800. The number of nitrogens with one attached hydrogen (secondary N) is 1. The zero-order valence-corrected chi connectivity index (χ0v) is 11.6. The van der Waals surface area contributed by atoms with Crippen molar-refractivity contribution in [2.75, 3.05) is 19.6 Å². The number of nitrogens with zero attached hydrogens (tertiary/aromatic N) is 1. The van der Waals surface area contributed by atoms with Crippen molar-refractivity contribution >= 4 is 0 Å². The molecule has 4 saturated carbocycles. The molecule has 4 aliphatic rings. The van der Waals surface area contributed by atoms with Crippen molar-refractivity contribution < 1.29 is 0 Å². The highest BCUT2D eigenvalue weighted by molar-refractivity contribution is 4.95. The second kappa shape index (κ2) is 4.79. The van der Waals surface area contributed by atoms with Crippen LogP contribution < -0.4 is 5.32 Å². The summed E-state index contributed by atoms with van der Waals surface area (Å²) < 4.78 is 0. The predicted octanol–water partition coefficient (Wildman–Crippen LogP) is 2.64. The lowest BCUT2D eigenvalue weighted by atomic mass is 9.78. The van der Waals surface area contributed by atoms with Gasteiger partial charge in [0.05, 0.1) is 0 Å². The van der Waals surface area contributed by atoms with Crippen LogP contribution in [0.5, 0.6) is 0 Å². The van der Waals surface area contributed by atoms with Crippen molar-refractivity contribution in [2.24, 2.45) is 17.8 Å². The van der Waals surface area contributed by atoms with Crippen LogP contribution in [0.4, 0.5) is 0 Å². The van der Waals surface area contributed by atoms with Gasteiger partial charge in [-0.1, -0.05) is 0 Å². The lowest BCUT2D eigenvalue weighted by Gasteiger charge is -2.45. The lowest BCUT2D eigenvalue weighted by molar-refractivity contribution is 0.0537. The van der Waals surface area contributed by atoms with Crippen LogP contribution in [0.2, 0.25) is 0 Å². The molecule has 0 amide bonds. The molecule has 0 aromatic heterocycles. The van der Waals surface area contributed by atoms with E-state index in [2.05, 4.69) is 10.2 Å². The van der Waals surface area contributed by atoms with Gasteiger partial charge >= 0.3 is 0 Å². The molecule has 2 atom stereocenters. The second-order valence-corrected chi connectivity index (χ2v) is 7.43. The van der Waals surface area contributed by atoms with E-state index in [-0.39, 0.29) is 0 Å². The van der Waals surface area contributed by atoms with Crippen molar-refractivity contribution in [2.45, 2.75) is 63.5 Å². The smallest absolute Gasteiger partial charge is 0.0136 e. The van der Waals surface area contributed by atoms with Gasteiger partial charge in [-0.05, 0) is 75.7 Å². The van der Waals surface area contributed by atoms with Crippen LogP contribution in [0.3, 0.4) is 0 Å². The first-order chi connectivity index (χ1) is 8.88. The molecule has 4 fully saturated rings. The van der Waals surface area contributed by atoms with Gasteiger partial charge in [0, 0.05) is 25.2 Å². The fourth-order valence-corrected chi connectivity index (χ4v) is 3.49. The predicted molar refractivity (Wildman–Crippen MR) is 74.6 cm³/mol. The maximum absolute atomic E-state index is 3.75. The van der Waals surface area contributed by atoms with Gasteiger partial charge in [-0.2, -0.15) is 0 Å². The van der Waals surface area contributed by atoms with Gasteiger partial charge in [0.25, 0.3) is 0 Å². The molecule has 0 heterocycles. The molecule has 0 saturated heterocycles. The van der Waals surface area contributed by atoms with E-state index in [1.54, 1.807) is 0 Å². The zero-order valence-electron chi connectivity index (χ0n) is 11.6. The third-order valence-corrected chi connectivity index (χ3v) is 5.47. The fraction of sp³-hybridized carbons (Fsp3) is 1.00. The Morgan fingerprint density at radius 1 is 0.778 bits per heavy atom. The van der Waals surface area contributed by atoms with E-state index in [0.29, 0.717) is 0 Å². The Morgan fingerprint density at radius 2 is 1.44 bits per heavy atom. The summed E-state index contributed by atoms with van der Waals surface area (Å²) in [6, 6.07) is 1.84. The van der Waals surface area contributed by atoms with Crippen molar-refractivity contribution in [3.8, 4) is 0 Å². The van der Waals surface area contributed by atoms with Crippen molar-refractivity contribution in [1.82, 2.24) is 10.2 Å². The van der Waals surface area contributed by atoms with Gasteiger partial charge in [0.2, 0.25) is 0 Å². The Labute approximate surface area is 111 Å². The van der Waals surface area contributed by atoms with Gasteiger partial charge in [-0.15, -0.1) is 0 Å². The SMILES string of the molecule is C1CC1CN(CC1CC1)C1CCC1CNC1CC1. The zero-order chi connectivity index (χ0) is 11.9. The minimum atomic E-state index is 0.895. The van der Waals surface area contributed by atoms with E-state index in [4.69, 9.17) is 0 Å². The lowest BCUT2D eigenvalue weighted by Crippen LogP contribution is -2.52. The highest BCUT2D eigenvalue weighted by Gasteiger charge is 2.40. The Morgan fingerprint density at radius 3 is 1.89 bits per heavy atom. The van der Waals surface area contributed by atoms with Gasteiger partial charge in [-0.25, -0.2) is 0 Å². The molecule has 18 heavy (non-hydrogen) atoms. The van der Waals surface area contributed by atoms with Gasteiger partial charge < -0.3 is 5.32 Å². The fourth-order valence-electron chi connectivity index (χ4n) is 3.49. The van der Waals surface area contributed by atoms with E-state index < -0.39 is 0 Å². The highest BCUT2D eigenvalue weighted by Crippen LogP contribution is 2.39. The summed E-state index contributed by atoms with van der Waals surface area (Å²) in [6.07, 6.45) is 11.9. The minimum Gasteiger partial charge on any atom is -0.314 e. The first-order valence-corrected chi connectivity index (χ1v) is 8.36. The molecule has 2 nitrogen and oxygen atoms in total. The Kier molecular flexibility index (Phi) is 3.12. The number of hydrogen-bond acceptors (Lipinski definition) is 2. The van der Waals surface area contributed by atoms with Crippen molar-refractivity contribution in [3.05, 3.63) is 0 Å². The summed E-state index contributed by atoms with van der Waals surface area (Å²) in [5, 5.41) is 3.75. The maximum Gasteiger partial charge on any atom is 0.0136 e. The van der Waals surface area contributed by atoms with Crippen LogP contribution in [0.15, 0.2) is 0 Å². The quantitative estimate of drug-likeness (QED) is 0.710. The van der Waals surface area contributed by atoms with Crippen molar-refractivity contribution in [3.63, 3.8) is 0 Å². The molecule has 0 aliphatic heterocycles. The number of rotatable bonds is 8. The molecule has 2 heteroatoms. The third-order valence-electron chi connectivity index (χ3n) is 5.47. The molecule has 0 spiro atoms. The Bertz CT molecular complexity index is 277. The molecule has 2 unspecified atom stereocenters. The average Bonchev–Trinajstić information content (AvgIpc) is 3.13. The van der Waals surface area contributed by atoms with E-state index in [1.807, 2.05) is 0 Å². The summed E-state index contributed by atoms with van der Waals surface area (Å²) in [4.78, 5) is 2.90. The molecular weight excluding hydrogens is 220 g/mol. The monoisotopic (exact) mass is 248 g/mol. The summed E-state index contributed by atoms with van der Waals surface area (Å²) in [5.74, 6) is 3.12. The first kappa shape index (κ1) is 11.7. The van der Waals surface area contributed by atoms with Crippen LogP contribution in [0.1, 0.15) is 51.4 Å². The standard InChI is InChI=1S/C16H28N2/c1-2-12(1)10-18(11-13-3-4-13)16-8-5-14(16)9-17-15-6-7-15/h12-17H,1-11H2. The summed E-state index contributed by atoms with van der Waals surface area (Å²) >= 11 is 0. The molecule has 0 aromatic carbocycles.